The van der Waals surface area contributed by atoms with Crippen molar-refractivity contribution >= 4 is 31.9 Å². The first-order valence-corrected chi connectivity index (χ1v) is 5.90. The molecule has 0 atom stereocenters. The van der Waals surface area contributed by atoms with Gasteiger partial charge in [0.1, 0.15) is 15.0 Å². The van der Waals surface area contributed by atoms with E-state index < -0.39 is 0 Å². The predicted octanol–water partition coefficient (Wildman–Crippen LogP) is 3.16. The topological polar surface area (TPSA) is 38.0 Å². The molecule has 2 aromatic rings. The quantitative estimate of drug-likeness (QED) is 0.918. The molecule has 3 nitrogen and oxygen atoms in total. The fraction of sp³-hybridized carbons (Fsp3) is 0.100. The van der Waals surface area contributed by atoms with Gasteiger partial charge in [-0.15, -0.1) is 0 Å². The summed E-state index contributed by atoms with van der Waals surface area (Å²) in [5.74, 6) is 0.273. The third-order valence-corrected chi connectivity index (χ3v) is 2.97. The second-order valence-corrected chi connectivity index (χ2v) is 4.74. The Hall–Kier alpha value is -0.810. The zero-order valence-electron chi connectivity index (χ0n) is 7.69. The Morgan fingerprint density at radius 1 is 1.27 bits per heavy atom. The van der Waals surface area contributed by atoms with Gasteiger partial charge in [-0.3, -0.25) is 4.68 Å². The first-order chi connectivity index (χ1) is 7.15. The average Bonchev–Trinajstić information content (AvgIpc) is 2.45. The highest BCUT2D eigenvalue weighted by Gasteiger charge is 2.04. The van der Waals surface area contributed by atoms with E-state index >= 15 is 0 Å². The van der Waals surface area contributed by atoms with E-state index in [0.29, 0.717) is 6.54 Å². The summed E-state index contributed by atoms with van der Waals surface area (Å²) in [4.78, 5) is 0. The lowest BCUT2D eigenvalue weighted by Gasteiger charge is -2.03. The number of aromatic hydroxyl groups is 1. The van der Waals surface area contributed by atoms with E-state index in [1.807, 2.05) is 18.2 Å². The van der Waals surface area contributed by atoms with Crippen molar-refractivity contribution in [2.24, 2.45) is 0 Å². The van der Waals surface area contributed by atoms with Crippen LogP contribution < -0.4 is 0 Å². The SMILES string of the molecule is Oc1cccc(Cn2nc(Br)cc2Br)c1. The molecule has 15 heavy (non-hydrogen) atoms. The van der Waals surface area contributed by atoms with Crippen molar-refractivity contribution < 1.29 is 5.11 Å². The van der Waals surface area contributed by atoms with E-state index in [9.17, 15) is 5.11 Å². The van der Waals surface area contributed by atoms with Crippen molar-refractivity contribution in [3.8, 4) is 5.75 Å². The van der Waals surface area contributed by atoms with Crippen LogP contribution in [0.2, 0.25) is 0 Å². The van der Waals surface area contributed by atoms with Crippen LogP contribution in [0.5, 0.6) is 5.75 Å². The minimum atomic E-state index is 0.273. The van der Waals surface area contributed by atoms with Crippen LogP contribution in [-0.2, 0) is 6.54 Å². The van der Waals surface area contributed by atoms with E-state index in [2.05, 4.69) is 37.0 Å². The molecular weight excluding hydrogens is 324 g/mol. The van der Waals surface area contributed by atoms with E-state index in [1.165, 1.54) is 0 Å². The van der Waals surface area contributed by atoms with Crippen molar-refractivity contribution in [1.82, 2.24) is 9.78 Å². The van der Waals surface area contributed by atoms with Crippen LogP contribution in [0.3, 0.4) is 0 Å². The molecule has 1 aromatic carbocycles. The molecule has 0 saturated heterocycles. The number of halogens is 2. The molecule has 0 fully saturated rings. The largest absolute Gasteiger partial charge is 0.508 e. The van der Waals surface area contributed by atoms with Crippen LogP contribution in [0.4, 0.5) is 0 Å². The third kappa shape index (κ3) is 2.60. The molecule has 0 saturated carbocycles. The molecule has 0 amide bonds. The van der Waals surface area contributed by atoms with Gasteiger partial charge in [-0.05, 0) is 49.6 Å². The maximum absolute atomic E-state index is 9.31. The fourth-order valence-electron chi connectivity index (χ4n) is 1.30. The Morgan fingerprint density at radius 2 is 2.07 bits per heavy atom. The molecule has 0 aliphatic carbocycles. The Balaban J connectivity index is 2.25. The van der Waals surface area contributed by atoms with Crippen molar-refractivity contribution in [3.05, 3.63) is 45.1 Å². The summed E-state index contributed by atoms with van der Waals surface area (Å²) in [5, 5.41) is 13.6. The van der Waals surface area contributed by atoms with Crippen LogP contribution in [0.15, 0.2) is 39.5 Å². The highest BCUT2D eigenvalue weighted by Crippen LogP contribution is 2.19. The Kier molecular flexibility index (Phi) is 3.11. The summed E-state index contributed by atoms with van der Waals surface area (Å²) in [6, 6.07) is 9.02. The van der Waals surface area contributed by atoms with Crippen LogP contribution in [-0.4, -0.2) is 14.9 Å². The molecule has 5 heteroatoms. The zero-order valence-corrected chi connectivity index (χ0v) is 10.9. The summed E-state index contributed by atoms with van der Waals surface area (Å²) in [5.41, 5.74) is 1.01. The first kappa shape index (κ1) is 10.7. The van der Waals surface area contributed by atoms with E-state index in [0.717, 1.165) is 14.8 Å². The van der Waals surface area contributed by atoms with Gasteiger partial charge >= 0.3 is 0 Å². The van der Waals surface area contributed by atoms with Crippen LogP contribution in [0.25, 0.3) is 0 Å². The maximum Gasteiger partial charge on any atom is 0.129 e. The predicted molar refractivity (Wildman–Crippen MR) is 64.8 cm³/mol. The molecule has 0 spiro atoms. The number of rotatable bonds is 2. The molecular formula is C10H8Br2N2O. The summed E-state index contributed by atoms with van der Waals surface area (Å²) in [6.45, 7) is 0.626. The standard InChI is InChI=1S/C10H8Br2N2O/c11-9-5-10(12)14(13-9)6-7-2-1-3-8(15)4-7/h1-5,15H,6H2. The summed E-state index contributed by atoms with van der Waals surface area (Å²) < 4.78 is 3.49. The second kappa shape index (κ2) is 4.37. The van der Waals surface area contributed by atoms with Crippen LogP contribution >= 0.6 is 31.9 Å². The number of phenols is 1. The zero-order chi connectivity index (χ0) is 10.8. The molecule has 0 bridgehead atoms. The number of hydrogen-bond donors (Lipinski definition) is 1. The smallest absolute Gasteiger partial charge is 0.129 e. The Bertz CT molecular complexity index is 482. The van der Waals surface area contributed by atoms with E-state index in [-0.39, 0.29) is 5.75 Å². The molecule has 0 aliphatic heterocycles. The number of hydrogen-bond acceptors (Lipinski definition) is 2. The lowest BCUT2D eigenvalue weighted by atomic mass is 10.2. The summed E-state index contributed by atoms with van der Waals surface area (Å²) in [6.07, 6.45) is 0. The van der Waals surface area contributed by atoms with Gasteiger partial charge in [0.2, 0.25) is 0 Å². The van der Waals surface area contributed by atoms with Gasteiger partial charge in [0.05, 0.1) is 6.54 Å². The van der Waals surface area contributed by atoms with Gasteiger partial charge in [-0.2, -0.15) is 5.10 Å². The highest BCUT2D eigenvalue weighted by atomic mass is 79.9. The Labute approximate surface area is 104 Å². The molecule has 0 unspecified atom stereocenters. The molecule has 2 rings (SSSR count). The van der Waals surface area contributed by atoms with Gasteiger partial charge in [-0.1, -0.05) is 12.1 Å². The van der Waals surface area contributed by atoms with Crippen LogP contribution in [0, 0.1) is 0 Å². The van der Waals surface area contributed by atoms with Gasteiger partial charge < -0.3 is 5.11 Å². The van der Waals surface area contributed by atoms with Crippen molar-refractivity contribution in [1.29, 1.82) is 0 Å². The van der Waals surface area contributed by atoms with Crippen molar-refractivity contribution in [3.63, 3.8) is 0 Å². The molecule has 78 valence electrons. The first-order valence-electron chi connectivity index (χ1n) is 4.32. The lowest BCUT2D eigenvalue weighted by molar-refractivity contribution is 0.474. The molecule has 1 aromatic heterocycles. The van der Waals surface area contributed by atoms with E-state index in [4.69, 9.17) is 0 Å². The molecule has 0 aliphatic rings. The lowest BCUT2D eigenvalue weighted by Crippen LogP contribution is -2.01. The molecule has 1 heterocycles. The minimum absolute atomic E-state index is 0.273. The maximum atomic E-state index is 9.31. The molecule has 0 radical (unpaired) electrons. The van der Waals surface area contributed by atoms with Gasteiger partial charge in [0.25, 0.3) is 0 Å². The minimum Gasteiger partial charge on any atom is -0.508 e. The Morgan fingerprint density at radius 3 is 2.67 bits per heavy atom. The van der Waals surface area contributed by atoms with Crippen molar-refractivity contribution in [2.45, 2.75) is 6.54 Å². The summed E-state index contributed by atoms with van der Waals surface area (Å²) >= 11 is 6.70. The van der Waals surface area contributed by atoms with E-state index in [1.54, 1.807) is 16.8 Å². The van der Waals surface area contributed by atoms with Gasteiger partial charge in [-0.25, -0.2) is 0 Å². The van der Waals surface area contributed by atoms with Crippen molar-refractivity contribution in [2.75, 3.05) is 0 Å². The van der Waals surface area contributed by atoms with Gasteiger partial charge in [0, 0.05) is 6.07 Å². The van der Waals surface area contributed by atoms with Gasteiger partial charge in [0.15, 0.2) is 0 Å². The third-order valence-electron chi connectivity index (χ3n) is 1.94. The average molecular weight is 332 g/mol. The fourth-order valence-corrected chi connectivity index (χ4v) is 2.44. The number of aromatic nitrogens is 2. The second-order valence-electron chi connectivity index (χ2n) is 3.12. The summed E-state index contributed by atoms with van der Waals surface area (Å²) in [7, 11) is 0. The monoisotopic (exact) mass is 330 g/mol. The number of phenolic OH excluding ortho intramolecular Hbond substituents is 1. The highest BCUT2D eigenvalue weighted by molar-refractivity contribution is 9.11. The number of nitrogens with zero attached hydrogens (tertiary/aromatic N) is 2. The van der Waals surface area contributed by atoms with Crippen LogP contribution in [0.1, 0.15) is 5.56 Å². The molecule has 1 N–H and O–H groups in total. The number of benzene rings is 1. The normalized spacial score (nSPS) is 10.5.